The Kier molecular flexibility index (Phi) is 4.78. The summed E-state index contributed by atoms with van der Waals surface area (Å²) in [5.41, 5.74) is 5.36. The van der Waals surface area contributed by atoms with Gasteiger partial charge in [-0.25, -0.2) is 0 Å². The summed E-state index contributed by atoms with van der Waals surface area (Å²) in [4.78, 5) is 0. The summed E-state index contributed by atoms with van der Waals surface area (Å²) < 4.78 is 10.4. The van der Waals surface area contributed by atoms with E-state index in [1.165, 1.54) is 0 Å². The molecular weight excluding hydrogens is 218 g/mol. The van der Waals surface area contributed by atoms with Crippen LogP contribution in [0.15, 0.2) is 18.2 Å². The maximum atomic E-state index is 10.5. The van der Waals surface area contributed by atoms with Crippen molar-refractivity contribution in [3.8, 4) is 11.5 Å². The molecule has 0 saturated carbocycles. The quantitative estimate of drug-likeness (QED) is 0.792. The normalized spacial score (nSPS) is 14.2. The monoisotopic (exact) mass is 239 g/mol. The number of benzene rings is 1. The Morgan fingerprint density at radius 3 is 2.47 bits per heavy atom. The van der Waals surface area contributed by atoms with E-state index < -0.39 is 5.60 Å². The molecule has 0 aliphatic heterocycles. The molecule has 1 aromatic carbocycles. The molecule has 0 radical (unpaired) electrons. The predicted molar refractivity (Wildman–Crippen MR) is 67.4 cm³/mol. The SMILES string of the molecule is CCCC(O)(CN)c1ccc(OC)cc1OC. The molecule has 3 N–H and O–H groups in total. The first kappa shape index (κ1) is 13.8. The van der Waals surface area contributed by atoms with E-state index in [4.69, 9.17) is 15.2 Å². The van der Waals surface area contributed by atoms with Gasteiger partial charge in [-0.1, -0.05) is 13.3 Å². The van der Waals surface area contributed by atoms with Crippen LogP contribution < -0.4 is 15.2 Å². The van der Waals surface area contributed by atoms with E-state index in [0.717, 1.165) is 6.42 Å². The molecule has 4 nitrogen and oxygen atoms in total. The van der Waals surface area contributed by atoms with E-state index in [-0.39, 0.29) is 6.54 Å². The van der Waals surface area contributed by atoms with E-state index >= 15 is 0 Å². The zero-order valence-electron chi connectivity index (χ0n) is 10.7. The van der Waals surface area contributed by atoms with Crippen LogP contribution >= 0.6 is 0 Å². The van der Waals surface area contributed by atoms with Crippen molar-refractivity contribution >= 4 is 0 Å². The van der Waals surface area contributed by atoms with Gasteiger partial charge in [0.25, 0.3) is 0 Å². The number of hydrogen-bond acceptors (Lipinski definition) is 4. The topological polar surface area (TPSA) is 64.7 Å². The molecule has 0 saturated heterocycles. The first-order valence-corrected chi connectivity index (χ1v) is 5.76. The fraction of sp³-hybridized carbons (Fsp3) is 0.538. The van der Waals surface area contributed by atoms with E-state index in [0.29, 0.717) is 23.5 Å². The van der Waals surface area contributed by atoms with Gasteiger partial charge in [-0.15, -0.1) is 0 Å². The Morgan fingerprint density at radius 1 is 1.29 bits per heavy atom. The van der Waals surface area contributed by atoms with Crippen molar-refractivity contribution in [3.05, 3.63) is 23.8 Å². The number of ether oxygens (including phenoxy) is 2. The first-order chi connectivity index (χ1) is 8.11. The second-order valence-electron chi connectivity index (χ2n) is 4.05. The van der Waals surface area contributed by atoms with Crippen LogP contribution in [0.1, 0.15) is 25.3 Å². The van der Waals surface area contributed by atoms with Gasteiger partial charge in [0.1, 0.15) is 17.1 Å². The highest BCUT2D eigenvalue weighted by molar-refractivity contribution is 5.44. The summed E-state index contributed by atoms with van der Waals surface area (Å²) in [6.45, 7) is 2.18. The van der Waals surface area contributed by atoms with Crippen molar-refractivity contribution in [3.63, 3.8) is 0 Å². The molecule has 4 heteroatoms. The van der Waals surface area contributed by atoms with Gasteiger partial charge in [0.05, 0.1) is 14.2 Å². The average molecular weight is 239 g/mol. The smallest absolute Gasteiger partial charge is 0.128 e. The minimum absolute atomic E-state index is 0.170. The summed E-state index contributed by atoms with van der Waals surface area (Å²) in [6, 6.07) is 5.36. The van der Waals surface area contributed by atoms with Gasteiger partial charge in [-0.05, 0) is 18.6 Å². The zero-order chi connectivity index (χ0) is 12.9. The summed E-state index contributed by atoms with van der Waals surface area (Å²) in [6.07, 6.45) is 1.45. The molecule has 0 aliphatic carbocycles. The van der Waals surface area contributed by atoms with Crippen LogP contribution in [-0.2, 0) is 5.60 Å². The Labute approximate surface area is 102 Å². The van der Waals surface area contributed by atoms with Crippen LogP contribution in [0.3, 0.4) is 0 Å². The molecule has 1 aromatic rings. The van der Waals surface area contributed by atoms with Crippen LogP contribution in [0, 0.1) is 0 Å². The second kappa shape index (κ2) is 5.89. The Hall–Kier alpha value is -1.26. The number of rotatable bonds is 6. The number of nitrogens with two attached hydrogens (primary N) is 1. The van der Waals surface area contributed by atoms with E-state index in [1.54, 1.807) is 32.4 Å². The van der Waals surface area contributed by atoms with Gasteiger partial charge in [0, 0.05) is 18.2 Å². The maximum absolute atomic E-state index is 10.5. The largest absolute Gasteiger partial charge is 0.497 e. The van der Waals surface area contributed by atoms with Crippen LogP contribution in [-0.4, -0.2) is 25.9 Å². The molecule has 1 rings (SSSR count). The lowest BCUT2D eigenvalue weighted by Gasteiger charge is -2.28. The fourth-order valence-electron chi connectivity index (χ4n) is 1.94. The van der Waals surface area contributed by atoms with Gasteiger partial charge in [0.2, 0.25) is 0 Å². The lowest BCUT2D eigenvalue weighted by atomic mass is 9.88. The lowest BCUT2D eigenvalue weighted by Crippen LogP contribution is -2.35. The molecule has 0 bridgehead atoms. The molecule has 96 valence electrons. The minimum atomic E-state index is -1.04. The Balaban J connectivity index is 3.19. The molecule has 0 aliphatic rings. The van der Waals surface area contributed by atoms with Gasteiger partial charge < -0.3 is 20.3 Å². The molecule has 0 aromatic heterocycles. The standard InChI is InChI=1S/C13H21NO3/c1-4-7-13(15,9-14)11-6-5-10(16-2)8-12(11)17-3/h5-6,8,15H,4,7,9,14H2,1-3H3. The van der Waals surface area contributed by atoms with Gasteiger partial charge >= 0.3 is 0 Å². The summed E-state index contributed by atoms with van der Waals surface area (Å²) in [7, 11) is 3.16. The van der Waals surface area contributed by atoms with Gasteiger partial charge in [-0.3, -0.25) is 0 Å². The first-order valence-electron chi connectivity index (χ1n) is 5.76. The van der Waals surface area contributed by atoms with E-state index in [9.17, 15) is 5.11 Å². The summed E-state index contributed by atoms with van der Waals surface area (Å²) >= 11 is 0. The minimum Gasteiger partial charge on any atom is -0.497 e. The highest BCUT2D eigenvalue weighted by atomic mass is 16.5. The predicted octanol–water partition coefficient (Wildman–Crippen LogP) is 1.65. The van der Waals surface area contributed by atoms with Crippen molar-refractivity contribution in [2.45, 2.75) is 25.4 Å². The lowest BCUT2D eigenvalue weighted by molar-refractivity contribution is 0.0335. The van der Waals surface area contributed by atoms with Crippen LogP contribution in [0.4, 0.5) is 0 Å². The maximum Gasteiger partial charge on any atom is 0.128 e. The van der Waals surface area contributed by atoms with E-state index in [2.05, 4.69) is 0 Å². The molecule has 0 amide bonds. The van der Waals surface area contributed by atoms with Gasteiger partial charge in [0.15, 0.2) is 0 Å². The third kappa shape index (κ3) is 2.90. The fourth-order valence-corrected chi connectivity index (χ4v) is 1.94. The van der Waals surface area contributed by atoms with Gasteiger partial charge in [-0.2, -0.15) is 0 Å². The molecule has 1 unspecified atom stereocenters. The van der Waals surface area contributed by atoms with Crippen molar-refractivity contribution in [2.24, 2.45) is 5.73 Å². The van der Waals surface area contributed by atoms with Crippen molar-refractivity contribution < 1.29 is 14.6 Å². The number of aliphatic hydroxyl groups is 1. The molecule has 1 atom stereocenters. The Morgan fingerprint density at radius 2 is 2.00 bits per heavy atom. The van der Waals surface area contributed by atoms with Crippen molar-refractivity contribution in [2.75, 3.05) is 20.8 Å². The van der Waals surface area contributed by atoms with Crippen LogP contribution in [0.2, 0.25) is 0 Å². The third-order valence-electron chi connectivity index (χ3n) is 2.91. The molecule has 17 heavy (non-hydrogen) atoms. The molecular formula is C13H21NO3. The molecule has 0 fully saturated rings. The zero-order valence-corrected chi connectivity index (χ0v) is 10.7. The molecule has 0 heterocycles. The number of hydrogen-bond donors (Lipinski definition) is 2. The number of methoxy groups -OCH3 is 2. The van der Waals surface area contributed by atoms with Crippen LogP contribution in [0.5, 0.6) is 11.5 Å². The van der Waals surface area contributed by atoms with E-state index in [1.807, 2.05) is 6.92 Å². The highest BCUT2D eigenvalue weighted by Gasteiger charge is 2.30. The average Bonchev–Trinajstić information content (AvgIpc) is 2.38. The second-order valence-corrected chi connectivity index (χ2v) is 4.05. The Bertz CT molecular complexity index is 368. The van der Waals surface area contributed by atoms with Crippen molar-refractivity contribution in [1.29, 1.82) is 0 Å². The van der Waals surface area contributed by atoms with Crippen LogP contribution in [0.25, 0.3) is 0 Å². The molecule has 0 spiro atoms. The third-order valence-corrected chi connectivity index (χ3v) is 2.91. The highest BCUT2D eigenvalue weighted by Crippen LogP contribution is 2.35. The summed E-state index contributed by atoms with van der Waals surface area (Å²) in [5.74, 6) is 1.30. The van der Waals surface area contributed by atoms with Crippen molar-refractivity contribution in [1.82, 2.24) is 0 Å². The summed E-state index contributed by atoms with van der Waals surface area (Å²) in [5, 5.41) is 10.5.